The van der Waals surface area contributed by atoms with Crippen LogP contribution < -0.4 is 16.0 Å². The van der Waals surface area contributed by atoms with Gasteiger partial charge in [-0.15, -0.1) is 0 Å². The number of benzene rings is 2. The van der Waals surface area contributed by atoms with Gasteiger partial charge >= 0.3 is 0 Å². The van der Waals surface area contributed by atoms with Crippen molar-refractivity contribution in [2.24, 2.45) is 5.84 Å². The molecule has 0 fully saturated rings. The van der Waals surface area contributed by atoms with E-state index in [4.69, 9.17) is 10.6 Å². The first kappa shape index (κ1) is 15.5. The molecule has 1 unspecified atom stereocenters. The largest absolute Gasteiger partial charge is 0.497 e. The van der Waals surface area contributed by atoms with Crippen molar-refractivity contribution in [3.8, 4) is 5.75 Å². The zero-order valence-electron chi connectivity index (χ0n) is 13.0. The van der Waals surface area contributed by atoms with Crippen LogP contribution in [0.25, 0.3) is 0 Å². The summed E-state index contributed by atoms with van der Waals surface area (Å²) in [5.41, 5.74) is 6.70. The third kappa shape index (κ3) is 4.06. The van der Waals surface area contributed by atoms with E-state index in [1.165, 1.54) is 11.1 Å². The van der Waals surface area contributed by atoms with Crippen LogP contribution >= 0.6 is 0 Å². The second kappa shape index (κ2) is 7.25. The topological polar surface area (TPSA) is 47.3 Å². The maximum Gasteiger partial charge on any atom is 0.118 e. The summed E-state index contributed by atoms with van der Waals surface area (Å²) in [5.74, 6) is 7.14. The van der Waals surface area contributed by atoms with E-state index in [1.54, 1.807) is 7.11 Å². The molecule has 0 aromatic heterocycles. The van der Waals surface area contributed by atoms with Crippen LogP contribution in [0.15, 0.2) is 48.5 Å². The quantitative estimate of drug-likeness (QED) is 0.630. The molecule has 0 bridgehead atoms. The van der Waals surface area contributed by atoms with Crippen molar-refractivity contribution in [3.63, 3.8) is 0 Å². The van der Waals surface area contributed by atoms with Gasteiger partial charge in [0, 0.05) is 6.04 Å². The molecule has 0 spiro atoms. The number of methoxy groups -OCH3 is 1. The second-order valence-corrected chi connectivity index (χ2v) is 5.59. The lowest BCUT2D eigenvalue weighted by atomic mass is 9.96. The molecule has 0 aliphatic carbocycles. The summed E-state index contributed by atoms with van der Waals surface area (Å²) < 4.78 is 5.18. The summed E-state index contributed by atoms with van der Waals surface area (Å²) in [5, 5.41) is 0. The van der Waals surface area contributed by atoms with E-state index in [0.717, 1.165) is 17.7 Å². The predicted octanol–water partition coefficient (Wildman–Crippen LogP) is 3.57. The Hall–Kier alpha value is -1.84. The number of rotatable bonds is 6. The summed E-state index contributed by atoms with van der Waals surface area (Å²) in [6, 6.07) is 16.9. The first-order valence-corrected chi connectivity index (χ1v) is 7.33. The van der Waals surface area contributed by atoms with Gasteiger partial charge in [0.2, 0.25) is 0 Å². The van der Waals surface area contributed by atoms with Gasteiger partial charge in [-0.3, -0.25) is 11.3 Å². The van der Waals surface area contributed by atoms with Crippen LogP contribution in [0.4, 0.5) is 0 Å². The molecular formula is C18H24N2O. The molecule has 1 atom stereocenters. The van der Waals surface area contributed by atoms with Crippen LogP contribution in [0.2, 0.25) is 0 Å². The molecule has 0 radical (unpaired) electrons. The highest BCUT2D eigenvalue weighted by atomic mass is 16.5. The Kier molecular flexibility index (Phi) is 5.37. The Morgan fingerprint density at radius 3 is 2.00 bits per heavy atom. The minimum atomic E-state index is 0.0980. The van der Waals surface area contributed by atoms with Crippen LogP contribution in [-0.2, 0) is 6.42 Å². The summed E-state index contributed by atoms with van der Waals surface area (Å²) in [4.78, 5) is 0. The van der Waals surface area contributed by atoms with Gasteiger partial charge in [0.25, 0.3) is 0 Å². The number of ether oxygens (including phenoxy) is 1. The van der Waals surface area contributed by atoms with Gasteiger partial charge in [0.15, 0.2) is 0 Å². The molecule has 21 heavy (non-hydrogen) atoms. The first-order valence-electron chi connectivity index (χ1n) is 7.33. The van der Waals surface area contributed by atoms with Crippen molar-refractivity contribution in [2.75, 3.05) is 7.11 Å². The molecule has 3 nitrogen and oxygen atoms in total. The molecule has 2 rings (SSSR count). The van der Waals surface area contributed by atoms with E-state index in [1.807, 2.05) is 24.3 Å². The maximum absolute atomic E-state index is 5.72. The van der Waals surface area contributed by atoms with Crippen molar-refractivity contribution in [1.82, 2.24) is 5.43 Å². The van der Waals surface area contributed by atoms with Crippen molar-refractivity contribution >= 4 is 0 Å². The molecule has 0 saturated carbocycles. The van der Waals surface area contributed by atoms with Crippen LogP contribution in [0.5, 0.6) is 5.75 Å². The minimum absolute atomic E-state index is 0.0980. The molecule has 0 aliphatic heterocycles. The molecule has 112 valence electrons. The van der Waals surface area contributed by atoms with Crippen LogP contribution in [0.3, 0.4) is 0 Å². The Balaban J connectivity index is 2.10. The molecule has 3 N–H and O–H groups in total. The predicted molar refractivity (Wildman–Crippen MR) is 87.3 cm³/mol. The Morgan fingerprint density at radius 1 is 0.952 bits per heavy atom. The summed E-state index contributed by atoms with van der Waals surface area (Å²) >= 11 is 0. The summed E-state index contributed by atoms with van der Waals surface area (Å²) in [7, 11) is 1.67. The van der Waals surface area contributed by atoms with Gasteiger partial charge in [-0.05, 0) is 41.2 Å². The number of hydrogen-bond donors (Lipinski definition) is 2. The van der Waals surface area contributed by atoms with E-state index in [-0.39, 0.29) is 6.04 Å². The minimum Gasteiger partial charge on any atom is -0.497 e. The van der Waals surface area contributed by atoms with E-state index in [0.29, 0.717) is 5.92 Å². The van der Waals surface area contributed by atoms with Crippen molar-refractivity contribution in [3.05, 3.63) is 65.2 Å². The smallest absolute Gasteiger partial charge is 0.118 e. The summed E-state index contributed by atoms with van der Waals surface area (Å²) in [6.45, 7) is 4.41. The van der Waals surface area contributed by atoms with Crippen LogP contribution in [-0.4, -0.2) is 7.11 Å². The van der Waals surface area contributed by atoms with Gasteiger partial charge in [0.1, 0.15) is 5.75 Å². The molecule has 2 aromatic carbocycles. The fourth-order valence-corrected chi connectivity index (χ4v) is 2.38. The Labute approximate surface area is 127 Å². The van der Waals surface area contributed by atoms with E-state index < -0.39 is 0 Å². The van der Waals surface area contributed by atoms with E-state index >= 15 is 0 Å². The van der Waals surface area contributed by atoms with Gasteiger partial charge in [-0.1, -0.05) is 50.2 Å². The molecule has 2 aromatic rings. The van der Waals surface area contributed by atoms with Gasteiger partial charge in [-0.2, -0.15) is 0 Å². The van der Waals surface area contributed by atoms with Crippen LogP contribution in [0.1, 0.15) is 42.5 Å². The van der Waals surface area contributed by atoms with Gasteiger partial charge in [-0.25, -0.2) is 0 Å². The highest BCUT2D eigenvalue weighted by Crippen LogP contribution is 2.22. The molecular weight excluding hydrogens is 260 g/mol. The third-order valence-electron chi connectivity index (χ3n) is 3.81. The monoisotopic (exact) mass is 284 g/mol. The lowest BCUT2D eigenvalue weighted by molar-refractivity contribution is 0.414. The third-order valence-corrected chi connectivity index (χ3v) is 3.81. The lowest BCUT2D eigenvalue weighted by Crippen LogP contribution is -2.29. The number of hydrazine groups is 1. The fourth-order valence-electron chi connectivity index (χ4n) is 2.38. The van der Waals surface area contributed by atoms with Crippen molar-refractivity contribution in [1.29, 1.82) is 0 Å². The highest BCUT2D eigenvalue weighted by Gasteiger charge is 2.11. The normalized spacial score (nSPS) is 12.4. The lowest BCUT2D eigenvalue weighted by Gasteiger charge is -2.17. The fraction of sp³-hybridized carbons (Fsp3) is 0.333. The molecule has 3 heteroatoms. The maximum atomic E-state index is 5.72. The Bertz CT molecular complexity index is 546. The average molecular weight is 284 g/mol. The standard InChI is InChI=1S/C18H24N2O/c1-13(2)15-6-4-14(5-7-15)12-18(20-19)16-8-10-17(21-3)11-9-16/h4-11,13,18,20H,12,19H2,1-3H3. The van der Waals surface area contributed by atoms with E-state index in [9.17, 15) is 0 Å². The molecule has 0 saturated heterocycles. The van der Waals surface area contributed by atoms with Gasteiger partial charge in [0.05, 0.1) is 7.11 Å². The van der Waals surface area contributed by atoms with Gasteiger partial charge < -0.3 is 4.74 Å². The first-order chi connectivity index (χ1) is 10.1. The number of nitrogens with one attached hydrogen (secondary N) is 1. The van der Waals surface area contributed by atoms with Crippen molar-refractivity contribution in [2.45, 2.75) is 32.2 Å². The zero-order valence-corrected chi connectivity index (χ0v) is 13.0. The second-order valence-electron chi connectivity index (χ2n) is 5.59. The Morgan fingerprint density at radius 2 is 1.52 bits per heavy atom. The molecule has 0 amide bonds. The molecule has 0 heterocycles. The highest BCUT2D eigenvalue weighted by molar-refractivity contribution is 5.31. The SMILES string of the molecule is COc1ccc(C(Cc2ccc(C(C)C)cc2)NN)cc1. The zero-order chi connectivity index (χ0) is 15.2. The van der Waals surface area contributed by atoms with E-state index in [2.05, 4.69) is 43.5 Å². The molecule has 0 aliphatic rings. The van der Waals surface area contributed by atoms with Crippen LogP contribution in [0, 0.1) is 0 Å². The number of hydrogen-bond acceptors (Lipinski definition) is 3. The number of nitrogens with two attached hydrogens (primary N) is 1. The van der Waals surface area contributed by atoms with Crippen molar-refractivity contribution < 1.29 is 4.74 Å². The summed E-state index contributed by atoms with van der Waals surface area (Å²) in [6.07, 6.45) is 0.862. The average Bonchev–Trinajstić information content (AvgIpc) is 2.53.